The number of thiophene rings is 1. The number of benzene rings is 5. The molecule has 0 fully saturated rings. The van der Waals surface area contributed by atoms with Gasteiger partial charge in [-0.1, -0.05) is 54.6 Å². The third kappa shape index (κ3) is 3.03. The van der Waals surface area contributed by atoms with Crippen molar-refractivity contribution in [1.82, 2.24) is 14.1 Å². The van der Waals surface area contributed by atoms with Gasteiger partial charge in [-0.3, -0.25) is 4.57 Å². The Labute approximate surface area is 217 Å². The molecule has 0 aliphatic rings. The molecular formula is C33H21N3S. The van der Waals surface area contributed by atoms with Crippen LogP contribution in [0.5, 0.6) is 0 Å². The van der Waals surface area contributed by atoms with Gasteiger partial charge in [-0.2, -0.15) is 0 Å². The van der Waals surface area contributed by atoms with E-state index in [2.05, 4.69) is 124 Å². The number of hydrogen-bond donors (Lipinski definition) is 0. The second-order valence-corrected chi connectivity index (χ2v) is 10.2. The molecule has 0 saturated carbocycles. The summed E-state index contributed by atoms with van der Waals surface area (Å²) in [5, 5.41) is 6.11. The Balaban J connectivity index is 1.34. The highest BCUT2D eigenvalue weighted by atomic mass is 32.1. The van der Waals surface area contributed by atoms with Crippen LogP contribution in [0.4, 0.5) is 0 Å². The summed E-state index contributed by atoms with van der Waals surface area (Å²) in [4.78, 5) is 5.04. The van der Waals surface area contributed by atoms with Gasteiger partial charge in [0.25, 0.3) is 0 Å². The van der Waals surface area contributed by atoms with Gasteiger partial charge in [0.2, 0.25) is 0 Å². The van der Waals surface area contributed by atoms with Crippen LogP contribution in [-0.4, -0.2) is 14.1 Å². The molecule has 0 saturated heterocycles. The summed E-state index contributed by atoms with van der Waals surface area (Å²) in [6, 6.07) is 43.0. The van der Waals surface area contributed by atoms with Gasteiger partial charge in [-0.05, 0) is 77.5 Å². The van der Waals surface area contributed by atoms with Crippen molar-refractivity contribution in [2.75, 3.05) is 0 Å². The lowest BCUT2D eigenvalue weighted by Crippen LogP contribution is -1.98. The van der Waals surface area contributed by atoms with Gasteiger partial charge in [-0.25, -0.2) is 4.98 Å². The van der Waals surface area contributed by atoms with Gasteiger partial charge >= 0.3 is 0 Å². The Morgan fingerprint density at radius 3 is 2.14 bits per heavy atom. The van der Waals surface area contributed by atoms with Crippen LogP contribution in [0.15, 0.2) is 127 Å². The summed E-state index contributed by atoms with van der Waals surface area (Å²) in [5.41, 5.74) is 7.90. The first-order chi connectivity index (χ1) is 18.4. The highest BCUT2D eigenvalue weighted by Gasteiger charge is 2.17. The Morgan fingerprint density at radius 2 is 1.27 bits per heavy atom. The Morgan fingerprint density at radius 1 is 0.541 bits per heavy atom. The van der Waals surface area contributed by atoms with E-state index in [1.54, 1.807) is 0 Å². The minimum atomic E-state index is 0.946. The molecule has 8 rings (SSSR count). The monoisotopic (exact) mass is 491 g/mol. The first-order valence-corrected chi connectivity index (χ1v) is 13.3. The van der Waals surface area contributed by atoms with Crippen LogP contribution < -0.4 is 0 Å². The molecule has 0 atom stereocenters. The predicted octanol–water partition coefficient (Wildman–Crippen LogP) is 9.00. The smallest absolute Gasteiger partial charge is 0.145 e. The van der Waals surface area contributed by atoms with Crippen molar-refractivity contribution in [2.24, 2.45) is 0 Å². The maximum atomic E-state index is 5.04. The van der Waals surface area contributed by atoms with Gasteiger partial charge in [0.05, 0.1) is 22.1 Å². The second kappa shape index (κ2) is 7.92. The minimum Gasteiger partial charge on any atom is -0.309 e. The third-order valence-electron chi connectivity index (χ3n) is 7.21. The summed E-state index contributed by atoms with van der Waals surface area (Å²) in [7, 11) is 0. The van der Waals surface area contributed by atoms with Crippen LogP contribution in [0.2, 0.25) is 0 Å². The lowest BCUT2D eigenvalue weighted by molar-refractivity contribution is 1.10. The van der Waals surface area contributed by atoms with Crippen LogP contribution in [0, 0.1) is 0 Å². The van der Waals surface area contributed by atoms with E-state index in [1.165, 1.54) is 31.9 Å². The van der Waals surface area contributed by atoms with Gasteiger partial charge in [0.1, 0.15) is 5.82 Å². The molecule has 8 aromatic rings. The highest BCUT2D eigenvalue weighted by molar-refractivity contribution is 7.18. The molecule has 3 heterocycles. The molecule has 174 valence electrons. The molecular weight excluding hydrogens is 470 g/mol. The van der Waals surface area contributed by atoms with Gasteiger partial charge < -0.3 is 4.57 Å². The first kappa shape index (κ1) is 20.5. The Kier molecular flexibility index (Phi) is 4.39. The zero-order chi connectivity index (χ0) is 24.3. The second-order valence-electron chi connectivity index (χ2n) is 9.29. The fourth-order valence-corrected chi connectivity index (χ4v) is 6.53. The number of aromatic nitrogens is 3. The van der Waals surface area contributed by atoms with E-state index in [0.717, 1.165) is 33.8 Å². The maximum absolute atomic E-state index is 5.04. The molecule has 3 nitrogen and oxygen atoms in total. The standard InChI is InChI=1S/C33H21N3S/c1-2-8-24(9-3-1)36-29-13-7-5-11-27(29)34-33(36)23-14-17-25(18-15-23)35-28-12-6-4-10-26(28)31-30(35)19-16-22-20-21-37-32(22)31/h1-21H. The molecule has 0 unspecified atom stereocenters. The lowest BCUT2D eigenvalue weighted by Gasteiger charge is -2.11. The number of hydrogen-bond acceptors (Lipinski definition) is 2. The van der Waals surface area contributed by atoms with Crippen LogP contribution >= 0.6 is 11.3 Å². The summed E-state index contributed by atoms with van der Waals surface area (Å²) in [6.45, 7) is 0. The van der Waals surface area contributed by atoms with Crippen LogP contribution in [-0.2, 0) is 0 Å². The van der Waals surface area contributed by atoms with E-state index in [9.17, 15) is 0 Å². The zero-order valence-electron chi connectivity index (χ0n) is 19.9. The average Bonchev–Trinajstić information content (AvgIpc) is 3.67. The largest absolute Gasteiger partial charge is 0.309 e. The van der Waals surface area contributed by atoms with Crippen LogP contribution in [0.3, 0.4) is 0 Å². The molecule has 3 aromatic heterocycles. The van der Waals surface area contributed by atoms with Gasteiger partial charge in [0.15, 0.2) is 0 Å². The summed E-state index contributed by atoms with van der Waals surface area (Å²) in [6.07, 6.45) is 0. The molecule has 0 radical (unpaired) electrons. The average molecular weight is 492 g/mol. The van der Waals surface area contributed by atoms with Crippen molar-refractivity contribution in [3.05, 3.63) is 127 Å². The third-order valence-corrected chi connectivity index (χ3v) is 8.16. The van der Waals surface area contributed by atoms with E-state index in [-0.39, 0.29) is 0 Å². The topological polar surface area (TPSA) is 22.8 Å². The van der Waals surface area contributed by atoms with E-state index >= 15 is 0 Å². The SMILES string of the molecule is c1ccc(-n2c(-c3ccc(-n4c5ccccc5c5c6sccc6ccc54)cc3)nc3ccccc32)cc1. The molecule has 0 spiro atoms. The summed E-state index contributed by atoms with van der Waals surface area (Å²) >= 11 is 1.82. The minimum absolute atomic E-state index is 0.946. The molecule has 0 N–H and O–H groups in total. The van der Waals surface area contributed by atoms with Crippen molar-refractivity contribution in [3.63, 3.8) is 0 Å². The quantitative estimate of drug-likeness (QED) is 0.242. The maximum Gasteiger partial charge on any atom is 0.145 e. The fourth-order valence-electron chi connectivity index (χ4n) is 5.57. The Hall–Kier alpha value is -4.67. The van der Waals surface area contributed by atoms with E-state index in [1.807, 2.05) is 23.5 Å². The highest BCUT2D eigenvalue weighted by Crippen LogP contribution is 2.39. The first-order valence-electron chi connectivity index (χ1n) is 12.4. The van der Waals surface area contributed by atoms with E-state index in [0.29, 0.717) is 0 Å². The number of nitrogens with zero attached hydrogens (tertiary/aromatic N) is 3. The molecule has 37 heavy (non-hydrogen) atoms. The van der Waals surface area contributed by atoms with E-state index in [4.69, 9.17) is 4.98 Å². The summed E-state index contributed by atoms with van der Waals surface area (Å²) in [5.74, 6) is 0.946. The van der Waals surface area contributed by atoms with Crippen LogP contribution in [0.1, 0.15) is 0 Å². The Bertz CT molecular complexity index is 2080. The normalized spacial score (nSPS) is 11.8. The fraction of sp³-hybridized carbons (Fsp3) is 0. The molecule has 4 heteroatoms. The number of imidazole rings is 1. The van der Waals surface area contributed by atoms with Crippen molar-refractivity contribution in [1.29, 1.82) is 0 Å². The molecule has 0 aliphatic heterocycles. The van der Waals surface area contributed by atoms with Gasteiger partial charge in [-0.15, -0.1) is 11.3 Å². The van der Waals surface area contributed by atoms with Crippen LogP contribution in [0.25, 0.3) is 65.7 Å². The van der Waals surface area contributed by atoms with Crippen molar-refractivity contribution in [3.8, 4) is 22.8 Å². The van der Waals surface area contributed by atoms with Crippen molar-refractivity contribution in [2.45, 2.75) is 0 Å². The molecule has 0 aliphatic carbocycles. The van der Waals surface area contributed by atoms with Gasteiger partial charge in [0, 0.05) is 32.4 Å². The molecule has 0 amide bonds. The predicted molar refractivity (Wildman–Crippen MR) is 156 cm³/mol. The van der Waals surface area contributed by atoms with Crippen molar-refractivity contribution >= 4 is 54.3 Å². The molecule has 5 aromatic carbocycles. The van der Waals surface area contributed by atoms with E-state index < -0.39 is 0 Å². The summed E-state index contributed by atoms with van der Waals surface area (Å²) < 4.78 is 5.98. The number of fused-ring (bicyclic) bond motifs is 6. The lowest BCUT2D eigenvalue weighted by atomic mass is 10.1. The van der Waals surface area contributed by atoms with Crippen molar-refractivity contribution < 1.29 is 0 Å². The number of para-hydroxylation sites is 4. The number of rotatable bonds is 3. The zero-order valence-corrected chi connectivity index (χ0v) is 20.7. The molecule has 0 bridgehead atoms.